The van der Waals surface area contributed by atoms with Crippen LogP contribution in [0.25, 0.3) is 0 Å². The van der Waals surface area contributed by atoms with Gasteiger partial charge in [-0.1, -0.05) is 26.3 Å². The quantitative estimate of drug-likeness (QED) is 0.601. The van der Waals surface area contributed by atoms with E-state index >= 15 is 0 Å². The van der Waals surface area contributed by atoms with Crippen molar-refractivity contribution in [1.29, 1.82) is 0 Å². The first-order chi connectivity index (χ1) is 4.57. The molecule has 1 heteroatoms. The molecule has 0 spiro atoms. The van der Waals surface area contributed by atoms with Crippen molar-refractivity contribution in [1.82, 2.24) is 0 Å². The van der Waals surface area contributed by atoms with Gasteiger partial charge in [0, 0.05) is 5.25 Å². The minimum atomic E-state index is 0.727. The highest BCUT2D eigenvalue weighted by molar-refractivity contribution is 8.03. The standard InChI is InChI=1S/C9H18S/c1-6-9(7(2)3)10-8(4)5/h8H,6H2,1-5H3. The Morgan fingerprint density at radius 1 is 1.30 bits per heavy atom. The maximum atomic E-state index is 2.24. The van der Waals surface area contributed by atoms with Gasteiger partial charge >= 0.3 is 0 Å². The highest BCUT2D eigenvalue weighted by Crippen LogP contribution is 2.26. The molecule has 10 heavy (non-hydrogen) atoms. The Kier molecular flexibility index (Phi) is 4.88. The van der Waals surface area contributed by atoms with Gasteiger partial charge in [-0.25, -0.2) is 0 Å². The summed E-state index contributed by atoms with van der Waals surface area (Å²) in [5, 5.41) is 0.727. The van der Waals surface area contributed by atoms with Crippen molar-refractivity contribution < 1.29 is 0 Å². The van der Waals surface area contributed by atoms with Crippen LogP contribution in [-0.4, -0.2) is 5.25 Å². The van der Waals surface area contributed by atoms with Crippen LogP contribution in [0.5, 0.6) is 0 Å². The molecule has 0 aromatic rings. The summed E-state index contributed by atoms with van der Waals surface area (Å²) < 4.78 is 0. The van der Waals surface area contributed by atoms with E-state index in [0.717, 1.165) is 5.25 Å². The topological polar surface area (TPSA) is 0 Å². The van der Waals surface area contributed by atoms with E-state index in [1.807, 2.05) is 11.8 Å². The Bertz CT molecular complexity index is 119. The van der Waals surface area contributed by atoms with Crippen LogP contribution in [0, 0.1) is 0 Å². The molecule has 0 saturated heterocycles. The summed E-state index contributed by atoms with van der Waals surface area (Å²) in [6, 6.07) is 0. The zero-order chi connectivity index (χ0) is 8.15. The Hall–Kier alpha value is 0.0900. The molecule has 0 bridgehead atoms. The number of hydrogen-bond donors (Lipinski definition) is 0. The van der Waals surface area contributed by atoms with Gasteiger partial charge in [-0.3, -0.25) is 0 Å². The largest absolute Gasteiger partial charge is 0.128 e. The number of hydrogen-bond acceptors (Lipinski definition) is 1. The summed E-state index contributed by atoms with van der Waals surface area (Å²) in [4.78, 5) is 1.55. The third-order valence-electron chi connectivity index (χ3n) is 1.26. The van der Waals surface area contributed by atoms with Crippen molar-refractivity contribution in [2.45, 2.75) is 46.3 Å². The molecule has 0 aliphatic rings. The normalized spacial score (nSPS) is 10.2. The summed E-state index contributed by atoms with van der Waals surface area (Å²) >= 11 is 1.99. The summed E-state index contributed by atoms with van der Waals surface area (Å²) in [5.41, 5.74) is 1.47. The van der Waals surface area contributed by atoms with Gasteiger partial charge in [0.15, 0.2) is 0 Å². The van der Waals surface area contributed by atoms with Gasteiger partial charge in [0.25, 0.3) is 0 Å². The molecular weight excluding hydrogens is 140 g/mol. The number of rotatable bonds is 3. The first kappa shape index (κ1) is 10.1. The van der Waals surface area contributed by atoms with Crippen molar-refractivity contribution >= 4 is 11.8 Å². The van der Waals surface area contributed by atoms with Crippen LogP contribution in [0.1, 0.15) is 41.0 Å². The monoisotopic (exact) mass is 158 g/mol. The lowest BCUT2D eigenvalue weighted by molar-refractivity contribution is 1.09. The van der Waals surface area contributed by atoms with Gasteiger partial charge in [0.05, 0.1) is 0 Å². The van der Waals surface area contributed by atoms with Crippen molar-refractivity contribution in [3.63, 3.8) is 0 Å². The Morgan fingerprint density at radius 3 is 1.90 bits per heavy atom. The van der Waals surface area contributed by atoms with Crippen LogP contribution >= 0.6 is 11.8 Å². The second-order valence-corrected chi connectivity index (χ2v) is 4.61. The van der Waals surface area contributed by atoms with E-state index in [9.17, 15) is 0 Å². The molecule has 0 aromatic carbocycles. The van der Waals surface area contributed by atoms with Crippen molar-refractivity contribution in [2.75, 3.05) is 0 Å². The molecule has 0 saturated carbocycles. The van der Waals surface area contributed by atoms with Crippen LogP contribution in [0.3, 0.4) is 0 Å². The molecule has 0 aliphatic heterocycles. The van der Waals surface area contributed by atoms with E-state index in [-0.39, 0.29) is 0 Å². The second kappa shape index (κ2) is 4.84. The zero-order valence-corrected chi connectivity index (χ0v) is 8.51. The fourth-order valence-corrected chi connectivity index (χ4v) is 1.81. The van der Waals surface area contributed by atoms with E-state index in [4.69, 9.17) is 0 Å². The van der Waals surface area contributed by atoms with Crippen molar-refractivity contribution in [2.24, 2.45) is 0 Å². The fourth-order valence-electron chi connectivity index (χ4n) is 0.839. The smallest absolute Gasteiger partial charge is 0.00345 e. The summed E-state index contributed by atoms with van der Waals surface area (Å²) in [6.07, 6.45) is 1.19. The lowest BCUT2D eigenvalue weighted by Gasteiger charge is -2.08. The first-order valence-corrected chi connectivity index (χ1v) is 4.78. The summed E-state index contributed by atoms with van der Waals surface area (Å²) in [6.45, 7) is 11.1. The highest BCUT2D eigenvalue weighted by Gasteiger charge is 2.00. The van der Waals surface area contributed by atoms with E-state index in [1.165, 1.54) is 12.0 Å². The zero-order valence-electron chi connectivity index (χ0n) is 7.69. The third kappa shape index (κ3) is 3.99. The average Bonchev–Trinajstić information content (AvgIpc) is 1.81. The van der Waals surface area contributed by atoms with E-state index in [2.05, 4.69) is 34.6 Å². The van der Waals surface area contributed by atoms with Gasteiger partial charge in [0.1, 0.15) is 0 Å². The molecule has 0 rings (SSSR count). The molecule has 0 amide bonds. The number of thioether (sulfide) groups is 1. The van der Waals surface area contributed by atoms with Crippen LogP contribution in [0.4, 0.5) is 0 Å². The fraction of sp³-hybridized carbons (Fsp3) is 0.778. The molecule has 0 fully saturated rings. The van der Waals surface area contributed by atoms with Gasteiger partial charge in [0.2, 0.25) is 0 Å². The van der Waals surface area contributed by atoms with E-state index in [1.54, 1.807) is 4.91 Å². The predicted octanol–water partition coefficient (Wildman–Crippen LogP) is 3.83. The van der Waals surface area contributed by atoms with Gasteiger partial charge in [-0.15, -0.1) is 11.8 Å². The SMILES string of the molecule is CCC(SC(C)C)=C(C)C. The number of allylic oxidation sites excluding steroid dienone is 2. The van der Waals surface area contributed by atoms with Gasteiger partial charge in [-0.2, -0.15) is 0 Å². The molecule has 60 valence electrons. The molecule has 0 aliphatic carbocycles. The summed E-state index contributed by atoms with van der Waals surface area (Å²) in [7, 11) is 0. The average molecular weight is 158 g/mol. The van der Waals surface area contributed by atoms with E-state index < -0.39 is 0 Å². The molecule has 0 nitrogen and oxygen atoms in total. The Balaban J connectivity index is 3.97. The van der Waals surface area contributed by atoms with Crippen LogP contribution in [0.15, 0.2) is 10.5 Å². The molecule has 0 N–H and O–H groups in total. The second-order valence-electron chi connectivity index (χ2n) is 2.94. The lowest BCUT2D eigenvalue weighted by atomic mass is 10.3. The van der Waals surface area contributed by atoms with Gasteiger partial charge < -0.3 is 0 Å². The van der Waals surface area contributed by atoms with Crippen LogP contribution in [-0.2, 0) is 0 Å². The third-order valence-corrected chi connectivity index (χ3v) is 2.71. The molecule has 0 unspecified atom stereocenters. The molecule has 0 aromatic heterocycles. The maximum Gasteiger partial charge on any atom is 0.00345 e. The minimum Gasteiger partial charge on any atom is -0.128 e. The van der Waals surface area contributed by atoms with Crippen molar-refractivity contribution in [3.8, 4) is 0 Å². The van der Waals surface area contributed by atoms with Crippen LogP contribution in [0.2, 0.25) is 0 Å². The molecule has 0 heterocycles. The summed E-state index contributed by atoms with van der Waals surface area (Å²) in [5.74, 6) is 0. The highest BCUT2D eigenvalue weighted by atomic mass is 32.2. The van der Waals surface area contributed by atoms with Crippen LogP contribution < -0.4 is 0 Å². The Morgan fingerprint density at radius 2 is 1.80 bits per heavy atom. The van der Waals surface area contributed by atoms with Gasteiger partial charge in [-0.05, 0) is 25.2 Å². The molecule has 0 radical (unpaired) electrons. The predicted molar refractivity (Wildman–Crippen MR) is 51.4 cm³/mol. The Labute approximate surface area is 69.1 Å². The van der Waals surface area contributed by atoms with Crippen molar-refractivity contribution in [3.05, 3.63) is 10.5 Å². The maximum absolute atomic E-state index is 2.24. The molecular formula is C9H18S. The minimum absolute atomic E-state index is 0.727. The molecule has 0 atom stereocenters. The lowest BCUT2D eigenvalue weighted by Crippen LogP contribution is -1.88. The van der Waals surface area contributed by atoms with E-state index in [0.29, 0.717) is 0 Å². The first-order valence-electron chi connectivity index (χ1n) is 3.91.